The average Bonchev–Trinajstić information content (AvgIpc) is 2.01. The summed E-state index contributed by atoms with van der Waals surface area (Å²) in [4.78, 5) is 5.22. The molecule has 0 radical (unpaired) electrons. The van der Waals surface area contributed by atoms with Gasteiger partial charge >= 0.3 is 0 Å². The second kappa shape index (κ2) is 3.95. The Bertz CT molecular complexity index is 168. The van der Waals surface area contributed by atoms with Gasteiger partial charge in [0.1, 0.15) is 0 Å². The molecule has 2 rings (SSSR count). The third-order valence-electron chi connectivity index (χ3n) is 3.48. The number of hydrogen-bond acceptors (Lipinski definition) is 3. The molecule has 3 heteroatoms. The van der Waals surface area contributed by atoms with Gasteiger partial charge in [-0.05, 0) is 13.5 Å². The monoisotopic (exact) mass is 183 g/mol. The van der Waals surface area contributed by atoms with Crippen LogP contribution in [-0.2, 0) is 0 Å². The first kappa shape index (κ1) is 9.44. The van der Waals surface area contributed by atoms with Crippen molar-refractivity contribution in [1.82, 2.24) is 15.1 Å². The highest BCUT2D eigenvalue weighted by Gasteiger charge is 2.30. The summed E-state index contributed by atoms with van der Waals surface area (Å²) in [6.07, 6.45) is 0. The zero-order valence-electron chi connectivity index (χ0n) is 8.79. The van der Waals surface area contributed by atoms with E-state index >= 15 is 0 Å². The van der Waals surface area contributed by atoms with E-state index < -0.39 is 0 Å². The van der Waals surface area contributed by atoms with Crippen LogP contribution in [0, 0.1) is 0 Å². The van der Waals surface area contributed by atoms with E-state index in [0.717, 1.165) is 12.1 Å². The smallest absolute Gasteiger partial charge is 0.0346 e. The molecule has 3 nitrogen and oxygen atoms in total. The predicted molar refractivity (Wildman–Crippen MR) is 54.9 cm³/mol. The molecule has 0 saturated carbocycles. The Balaban J connectivity index is 1.83. The van der Waals surface area contributed by atoms with E-state index in [4.69, 9.17) is 0 Å². The molecule has 2 saturated heterocycles. The lowest BCUT2D eigenvalue weighted by Gasteiger charge is -2.46. The Labute approximate surface area is 81.1 Å². The van der Waals surface area contributed by atoms with E-state index in [9.17, 15) is 0 Å². The predicted octanol–water partition coefficient (Wildman–Crippen LogP) is -0.0158. The number of piperazine rings is 1. The van der Waals surface area contributed by atoms with Gasteiger partial charge in [-0.25, -0.2) is 0 Å². The van der Waals surface area contributed by atoms with E-state index in [1.807, 2.05) is 0 Å². The summed E-state index contributed by atoms with van der Waals surface area (Å²) in [6, 6.07) is 1.58. The quantitative estimate of drug-likeness (QED) is 0.649. The van der Waals surface area contributed by atoms with E-state index in [2.05, 4.69) is 29.0 Å². The molecule has 0 aromatic carbocycles. The molecule has 0 spiro atoms. The summed E-state index contributed by atoms with van der Waals surface area (Å²) in [5.41, 5.74) is 0. The third-order valence-corrected chi connectivity index (χ3v) is 3.48. The SMILES string of the molecule is CCN1CCN(C2CNC2)C[C@@H]1C. The fraction of sp³-hybridized carbons (Fsp3) is 1.00. The molecule has 76 valence electrons. The van der Waals surface area contributed by atoms with Gasteiger partial charge in [-0.2, -0.15) is 0 Å². The van der Waals surface area contributed by atoms with Crippen molar-refractivity contribution in [3.63, 3.8) is 0 Å². The van der Waals surface area contributed by atoms with Gasteiger partial charge in [0, 0.05) is 44.8 Å². The second-order valence-electron chi connectivity index (χ2n) is 4.28. The lowest BCUT2D eigenvalue weighted by atomic mass is 10.1. The normalized spacial score (nSPS) is 33.2. The summed E-state index contributed by atoms with van der Waals surface area (Å²) in [5, 5.41) is 3.34. The highest BCUT2D eigenvalue weighted by molar-refractivity contribution is 4.89. The zero-order valence-corrected chi connectivity index (χ0v) is 8.79. The van der Waals surface area contributed by atoms with Crippen molar-refractivity contribution in [2.75, 3.05) is 39.3 Å². The summed E-state index contributed by atoms with van der Waals surface area (Å²) >= 11 is 0. The first-order valence-electron chi connectivity index (χ1n) is 5.50. The summed E-state index contributed by atoms with van der Waals surface area (Å²) in [5.74, 6) is 0. The van der Waals surface area contributed by atoms with Gasteiger partial charge in [0.2, 0.25) is 0 Å². The maximum absolute atomic E-state index is 3.34. The number of likely N-dealkylation sites (N-methyl/N-ethyl adjacent to an activating group) is 1. The summed E-state index contributed by atoms with van der Waals surface area (Å²) in [7, 11) is 0. The summed E-state index contributed by atoms with van der Waals surface area (Å²) < 4.78 is 0. The zero-order chi connectivity index (χ0) is 9.26. The molecule has 0 unspecified atom stereocenters. The van der Waals surface area contributed by atoms with Crippen molar-refractivity contribution in [3.05, 3.63) is 0 Å². The molecule has 0 amide bonds. The van der Waals surface area contributed by atoms with Gasteiger partial charge < -0.3 is 5.32 Å². The topological polar surface area (TPSA) is 18.5 Å². The molecule has 0 aromatic rings. The number of hydrogen-bond donors (Lipinski definition) is 1. The molecule has 1 N–H and O–H groups in total. The van der Waals surface area contributed by atoms with Crippen LogP contribution in [0.3, 0.4) is 0 Å². The molecule has 0 aromatic heterocycles. The van der Waals surface area contributed by atoms with Crippen molar-refractivity contribution in [2.24, 2.45) is 0 Å². The third kappa shape index (κ3) is 1.87. The van der Waals surface area contributed by atoms with Crippen LogP contribution >= 0.6 is 0 Å². The highest BCUT2D eigenvalue weighted by Crippen LogP contribution is 2.13. The van der Waals surface area contributed by atoms with E-state index in [-0.39, 0.29) is 0 Å². The van der Waals surface area contributed by atoms with Gasteiger partial charge in [-0.1, -0.05) is 6.92 Å². The van der Waals surface area contributed by atoms with Gasteiger partial charge in [0.15, 0.2) is 0 Å². The fourth-order valence-electron chi connectivity index (χ4n) is 2.36. The minimum absolute atomic E-state index is 0.749. The number of nitrogens with zero attached hydrogens (tertiary/aromatic N) is 2. The Morgan fingerprint density at radius 1 is 1.31 bits per heavy atom. The molecule has 1 atom stereocenters. The standard InChI is InChI=1S/C10H21N3/c1-3-12-4-5-13(8-9(12)2)10-6-11-7-10/h9-11H,3-8H2,1-2H3/t9-/m0/s1. The molecule has 13 heavy (non-hydrogen) atoms. The maximum atomic E-state index is 3.34. The molecule has 0 bridgehead atoms. The van der Waals surface area contributed by atoms with Crippen LogP contribution in [0.5, 0.6) is 0 Å². The lowest BCUT2D eigenvalue weighted by Crippen LogP contribution is -2.63. The summed E-state index contributed by atoms with van der Waals surface area (Å²) in [6.45, 7) is 12.0. The van der Waals surface area contributed by atoms with Crippen LogP contribution in [0.4, 0.5) is 0 Å². The first-order valence-corrected chi connectivity index (χ1v) is 5.50. The van der Waals surface area contributed by atoms with Crippen molar-refractivity contribution in [2.45, 2.75) is 25.9 Å². The van der Waals surface area contributed by atoms with Gasteiger partial charge in [-0.3, -0.25) is 9.80 Å². The van der Waals surface area contributed by atoms with Crippen molar-refractivity contribution in [3.8, 4) is 0 Å². The number of rotatable bonds is 2. The van der Waals surface area contributed by atoms with Crippen molar-refractivity contribution in [1.29, 1.82) is 0 Å². The molecule has 2 aliphatic heterocycles. The second-order valence-corrected chi connectivity index (χ2v) is 4.28. The van der Waals surface area contributed by atoms with Gasteiger partial charge in [0.05, 0.1) is 0 Å². The van der Waals surface area contributed by atoms with Crippen LogP contribution in [0.15, 0.2) is 0 Å². The lowest BCUT2D eigenvalue weighted by molar-refractivity contribution is 0.0415. The minimum Gasteiger partial charge on any atom is -0.314 e. The van der Waals surface area contributed by atoms with Crippen LogP contribution < -0.4 is 5.32 Å². The molecule has 2 aliphatic rings. The Hall–Kier alpha value is -0.120. The minimum atomic E-state index is 0.749. The molecule has 0 aliphatic carbocycles. The van der Waals surface area contributed by atoms with Crippen LogP contribution in [0.2, 0.25) is 0 Å². The van der Waals surface area contributed by atoms with E-state index in [1.165, 1.54) is 39.3 Å². The Kier molecular flexibility index (Phi) is 2.86. The molecule has 2 fully saturated rings. The fourth-order valence-corrected chi connectivity index (χ4v) is 2.36. The maximum Gasteiger partial charge on any atom is 0.0346 e. The number of nitrogens with one attached hydrogen (secondary N) is 1. The Morgan fingerprint density at radius 2 is 2.08 bits per heavy atom. The van der Waals surface area contributed by atoms with Gasteiger partial charge in [-0.15, -0.1) is 0 Å². The molecular weight excluding hydrogens is 162 g/mol. The van der Waals surface area contributed by atoms with Crippen LogP contribution in [0.25, 0.3) is 0 Å². The van der Waals surface area contributed by atoms with E-state index in [1.54, 1.807) is 0 Å². The highest BCUT2D eigenvalue weighted by atomic mass is 15.3. The Morgan fingerprint density at radius 3 is 2.54 bits per heavy atom. The van der Waals surface area contributed by atoms with Gasteiger partial charge in [0.25, 0.3) is 0 Å². The molecular formula is C10H21N3. The van der Waals surface area contributed by atoms with Crippen LogP contribution in [-0.4, -0.2) is 61.2 Å². The first-order chi connectivity index (χ1) is 6.31. The van der Waals surface area contributed by atoms with Crippen LogP contribution in [0.1, 0.15) is 13.8 Å². The largest absolute Gasteiger partial charge is 0.314 e. The van der Waals surface area contributed by atoms with Crippen molar-refractivity contribution >= 4 is 0 Å². The average molecular weight is 183 g/mol. The van der Waals surface area contributed by atoms with Crippen molar-refractivity contribution < 1.29 is 0 Å². The van der Waals surface area contributed by atoms with E-state index in [0.29, 0.717) is 0 Å². The molecule has 2 heterocycles.